The van der Waals surface area contributed by atoms with E-state index in [2.05, 4.69) is 55.5 Å². The maximum atomic E-state index is 4.15. The molecule has 0 bridgehead atoms. The number of nitrogens with zero attached hydrogens (tertiary/aromatic N) is 4. The van der Waals surface area contributed by atoms with E-state index < -0.39 is 0 Å². The first-order chi connectivity index (χ1) is 8.11. The van der Waals surface area contributed by atoms with Gasteiger partial charge in [-0.1, -0.05) is 27.2 Å². The zero-order valence-corrected chi connectivity index (χ0v) is 11.6. The van der Waals surface area contributed by atoms with Crippen LogP contribution in [0.1, 0.15) is 65.4 Å². The Morgan fingerprint density at radius 1 is 1.24 bits per heavy atom. The standard InChI is InChI=1S/C12H25N5/c1-6-8-13-10(4)12-14-15-16-17(12)11(5)9(3)7-2/h9-11,13H,6-8H2,1-5H3. The van der Waals surface area contributed by atoms with E-state index in [1.165, 1.54) is 0 Å². The van der Waals surface area contributed by atoms with E-state index in [0.717, 1.165) is 25.2 Å². The normalized spacial score (nSPS) is 16.8. The second-order valence-electron chi connectivity index (χ2n) is 4.78. The molecule has 5 heteroatoms. The van der Waals surface area contributed by atoms with Crippen LogP contribution in [0.4, 0.5) is 0 Å². The Bertz CT molecular complexity index is 322. The molecular weight excluding hydrogens is 214 g/mol. The molecule has 3 unspecified atom stereocenters. The second-order valence-corrected chi connectivity index (χ2v) is 4.78. The summed E-state index contributed by atoms with van der Waals surface area (Å²) >= 11 is 0. The lowest BCUT2D eigenvalue weighted by atomic mass is 10.0. The summed E-state index contributed by atoms with van der Waals surface area (Å²) in [4.78, 5) is 0. The third-order valence-electron chi connectivity index (χ3n) is 3.46. The van der Waals surface area contributed by atoms with Crippen molar-refractivity contribution in [3.8, 4) is 0 Å². The summed E-state index contributed by atoms with van der Waals surface area (Å²) in [5.41, 5.74) is 0. The minimum absolute atomic E-state index is 0.205. The summed E-state index contributed by atoms with van der Waals surface area (Å²) in [5.74, 6) is 1.52. The number of hydrogen-bond donors (Lipinski definition) is 1. The Balaban J connectivity index is 2.77. The van der Waals surface area contributed by atoms with E-state index >= 15 is 0 Å². The third kappa shape index (κ3) is 3.49. The molecule has 3 atom stereocenters. The van der Waals surface area contributed by atoms with E-state index in [9.17, 15) is 0 Å². The molecule has 1 N–H and O–H groups in total. The van der Waals surface area contributed by atoms with Gasteiger partial charge in [-0.05, 0) is 43.2 Å². The zero-order valence-electron chi connectivity index (χ0n) is 11.6. The van der Waals surface area contributed by atoms with Gasteiger partial charge in [0.05, 0.1) is 12.1 Å². The summed E-state index contributed by atoms with van der Waals surface area (Å²) < 4.78 is 1.96. The topological polar surface area (TPSA) is 55.6 Å². The minimum atomic E-state index is 0.205. The maximum Gasteiger partial charge on any atom is 0.168 e. The van der Waals surface area contributed by atoms with Gasteiger partial charge in [0.25, 0.3) is 0 Å². The fraction of sp³-hybridized carbons (Fsp3) is 0.917. The van der Waals surface area contributed by atoms with Crippen LogP contribution < -0.4 is 5.32 Å². The Hall–Kier alpha value is -0.970. The van der Waals surface area contributed by atoms with Gasteiger partial charge in [0.2, 0.25) is 0 Å². The highest BCUT2D eigenvalue weighted by Crippen LogP contribution is 2.22. The molecule has 0 aliphatic rings. The Morgan fingerprint density at radius 2 is 1.94 bits per heavy atom. The van der Waals surface area contributed by atoms with Gasteiger partial charge in [-0.2, -0.15) is 0 Å². The van der Waals surface area contributed by atoms with Gasteiger partial charge in [-0.15, -0.1) is 5.10 Å². The number of aromatic nitrogens is 4. The molecule has 98 valence electrons. The van der Waals surface area contributed by atoms with E-state index in [1.807, 2.05) is 4.68 Å². The molecule has 0 aliphatic carbocycles. The summed E-state index contributed by atoms with van der Waals surface area (Å²) in [6.07, 6.45) is 2.25. The fourth-order valence-corrected chi connectivity index (χ4v) is 1.81. The monoisotopic (exact) mass is 239 g/mol. The van der Waals surface area contributed by atoms with Crippen LogP contribution in [0.25, 0.3) is 0 Å². The summed E-state index contributed by atoms with van der Waals surface area (Å²) in [6, 6.07) is 0.548. The van der Waals surface area contributed by atoms with Crippen LogP contribution in [0.3, 0.4) is 0 Å². The number of rotatable bonds is 7. The van der Waals surface area contributed by atoms with Crippen molar-refractivity contribution in [1.29, 1.82) is 0 Å². The van der Waals surface area contributed by atoms with Gasteiger partial charge in [0, 0.05) is 0 Å². The van der Waals surface area contributed by atoms with Gasteiger partial charge < -0.3 is 5.32 Å². The lowest BCUT2D eigenvalue weighted by molar-refractivity contribution is 0.320. The molecule has 0 amide bonds. The molecule has 1 heterocycles. The molecule has 1 rings (SSSR count). The first kappa shape index (κ1) is 14.1. The van der Waals surface area contributed by atoms with Gasteiger partial charge in [-0.3, -0.25) is 0 Å². The van der Waals surface area contributed by atoms with Gasteiger partial charge in [0.1, 0.15) is 0 Å². The first-order valence-electron chi connectivity index (χ1n) is 6.62. The lowest BCUT2D eigenvalue weighted by Gasteiger charge is -2.21. The van der Waals surface area contributed by atoms with E-state index in [-0.39, 0.29) is 6.04 Å². The molecule has 0 aromatic carbocycles. The third-order valence-corrected chi connectivity index (χ3v) is 3.46. The molecule has 5 nitrogen and oxygen atoms in total. The highest BCUT2D eigenvalue weighted by atomic mass is 15.6. The van der Waals surface area contributed by atoms with Gasteiger partial charge in [-0.25, -0.2) is 4.68 Å². The van der Waals surface area contributed by atoms with E-state index in [1.54, 1.807) is 0 Å². The summed E-state index contributed by atoms with van der Waals surface area (Å²) in [7, 11) is 0. The first-order valence-corrected chi connectivity index (χ1v) is 6.62. The molecule has 1 aromatic heterocycles. The highest BCUT2D eigenvalue weighted by molar-refractivity contribution is 4.92. The van der Waals surface area contributed by atoms with Crippen molar-refractivity contribution in [3.63, 3.8) is 0 Å². The molecule has 0 spiro atoms. The Morgan fingerprint density at radius 3 is 2.53 bits per heavy atom. The van der Waals surface area contributed by atoms with Crippen LogP contribution in [-0.4, -0.2) is 26.8 Å². The number of hydrogen-bond acceptors (Lipinski definition) is 4. The van der Waals surface area contributed by atoms with Crippen molar-refractivity contribution < 1.29 is 0 Å². The fourth-order valence-electron chi connectivity index (χ4n) is 1.81. The SMILES string of the molecule is CCCNC(C)c1nnnn1C(C)C(C)CC. The van der Waals surface area contributed by atoms with Gasteiger partial charge >= 0.3 is 0 Å². The molecule has 1 aromatic rings. The summed E-state index contributed by atoms with van der Waals surface area (Å²) in [6.45, 7) is 11.9. The minimum Gasteiger partial charge on any atom is -0.307 e. The lowest BCUT2D eigenvalue weighted by Crippen LogP contribution is -2.26. The molecular formula is C12H25N5. The molecule has 17 heavy (non-hydrogen) atoms. The van der Waals surface area contributed by atoms with Crippen molar-refractivity contribution in [3.05, 3.63) is 5.82 Å². The summed E-state index contributed by atoms with van der Waals surface area (Å²) in [5, 5.41) is 15.5. The van der Waals surface area contributed by atoms with Crippen molar-refractivity contribution in [2.75, 3.05) is 6.54 Å². The average molecular weight is 239 g/mol. The van der Waals surface area contributed by atoms with Crippen LogP contribution in [0.15, 0.2) is 0 Å². The van der Waals surface area contributed by atoms with E-state index in [4.69, 9.17) is 0 Å². The predicted octanol–water partition coefficient (Wildman–Crippen LogP) is 2.34. The van der Waals surface area contributed by atoms with Crippen LogP contribution in [0.5, 0.6) is 0 Å². The molecule has 0 radical (unpaired) electrons. The molecule has 0 aliphatic heterocycles. The largest absolute Gasteiger partial charge is 0.307 e. The molecule has 0 saturated heterocycles. The van der Waals surface area contributed by atoms with Crippen LogP contribution in [0, 0.1) is 5.92 Å². The van der Waals surface area contributed by atoms with E-state index in [0.29, 0.717) is 12.0 Å². The zero-order chi connectivity index (χ0) is 12.8. The Kier molecular flexibility index (Phi) is 5.55. The highest BCUT2D eigenvalue weighted by Gasteiger charge is 2.20. The molecule has 0 fully saturated rings. The predicted molar refractivity (Wildman–Crippen MR) is 68.7 cm³/mol. The van der Waals surface area contributed by atoms with Crippen LogP contribution in [0.2, 0.25) is 0 Å². The van der Waals surface area contributed by atoms with Gasteiger partial charge in [0.15, 0.2) is 5.82 Å². The quantitative estimate of drug-likeness (QED) is 0.793. The van der Waals surface area contributed by atoms with Crippen LogP contribution >= 0.6 is 0 Å². The van der Waals surface area contributed by atoms with Crippen molar-refractivity contribution in [2.24, 2.45) is 5.92 Å². The van der Waals surface area contributed by atoms with Crippen molar-refractivity contribution in [1.82, 2.24) is 25.5 Å². The van der Waals surface area contributed by atoms with Crippen molar-refractivity contribution in [2.45, 2.75) is 59.5 Å². The number of nitrogens with one attached hydrogen (secondary N) is 1. The van der Waals surface area contributed by atoms with Crippen LogP contribution in [-0.2, 0) is 0 Å². The Labute approximate surface area is 104 Å². The smallest absolute Gasteiger partial charge is 0.168 e. The molecule has 0 saturated carbocycles. The van der Waals surface area contributed by atoms with Crippen molar-refractivity contribution >= 4 is 0 Å². The number of tetrazole rings is 1. The maximum absolute atomic E-state index is 4.15. The second kappa shape index (κ2) is 6.69. The average Bonchev–Trinajstić information content (AvgIpc) is 2.83.